The third-order valence-corrected chi connectivity index (χ3v) is 3.19. The molecule has 100 valence electrons. The lowest BCUT2D eigenvalue weighted by molar-refractivity contribution is 0.628. The van der Waals surface area contributed by atoms with Crippen LogP contribution in [0.2, 0.25) is 0 Å². The van der Waals surface area contributed by atoms with Gasteiger partial charge in [0.2, 0.25) is 0 Å². The summed E-state index contributed by atoms with van der Waals surface area (Å²) < 4.78 is 28.4. The molecule has 0 spiro atoms. The zero-order valence-electron chi connectivity index (χ0n) is 10.8. The van der Waals surface area contributed by atoms with E-state index < -0.39 is 0 Å². The maximum atomic E-state index is 13.3. The lowest BCUT2D eigenvalue weighted by atomic mass is 10.1. The first-order valence-corrected chi connectivity index (χ1v) is 6.19. The minimum atomic E-state index is -0.308. The topological polar surface area (TPSA) is 17.8 Å². The molecule has 0 bridgehead atoms. The summed E-state index contributed by atoms with van der Waals surface area (Å²) in [6, 6.07) is 12.6. The Morgan fingerprint density at radius 2 is 1.50 bits per heavy atom. The van der Waals surface area contributed by atoms with Crippen molar-refractivity contribution >= 4 is 0 Å². The van der Waals surface area contributed by atoms with Gasteiger partial charge in [-0.15, -0.1) is 0 Å². The Balaban J connectivity index is 2.09. The van der Waals surface area contributed by atoms with Gasteiger partial charge in [0, 0.05) is 18.2 Å². The summed E-state index contributed by atoms with van der Waals surface area (Å²) in [5, 5.41) is 0. The molecule has 2 nitrogen and oxygen atoms in total. The Morgan fingerprint density at radius 3 is 2.15 bits per heavy atom. The third-order valence-electron chi connectivity index (χ3n) is 3.19. The van der Waals surface area contributed by atoms with Crippen LogP contribution in [0.4, 0.5) is 8.78 Å². The molecule has 0 radical (unpaired) electrons. The summed E-state index contributed by atoms with van der Waals surface area (Å²) in [7, 11) is 1.83. The van der Waals surface area contributed by atoms with E-state index in [1.54, 1.807) is 24.4 Å². The predicted octanol–water partition coefficient (Wildman–Crippen LogP) is 4.03. The molecule has 3 aromatic rings. The van der Waals surface area contributed by atoms with Crippen molar-refractivity contribution in [3.63, 3.8) is 0 Å². The summed E-state index contributed by atoms with van der Waals surface area (Å²) in [5.74, 6) is 0.0394. The Labute approximate surface area is 115 Å². The first kappa shape index (κ1) is 12.5. The van der Waals surface area contributed by atoms with Gasteiger partial charge in [-0.1, -0.05) is 24.3 Å². The van der Waals surface area contributed by atoms with Gasteiger partial charge >= 0.3 is 0 Å². The number of hydrogen-bond acceptors (Lipinski definition) is 1. The van der Waals surface area contributed by atoms with Crippen LogP contribution in [0.25, 0.3) is 22.6 Å². The summed E-state index contributed by atoms with van der Waals surface area (Å²) >= 11 is 0. The van der Waals surface area contributed by atoms with Gasteiger partial charge in [0.25, 0.3) is 0 Å². The van der Waals surface area contributed by atoms with Gasteiger partial charge < -0.3 is 4.57 Å². The monoisotopic (exact) mass is 270 g/mol. The molecule has 0 amide bonds. The summed E-state index contributed by atoms with van der Waals surface area (Å²) in [4.78, 5) is 4.31. The standard InChI is InChI=1S/C16H12F2N2/c1-20-15(11-4-2-6-13(17)8-11)10-19-16(20)12-5-3-7-14(18)9-12/h2-10H,1H3. The van der Waals surface area contributed by atoms with Crippen molar-refractivity contribution in [3.05, 3.63) is 66.4 Å². The van der Waals surface area contributed by atoms with E-state index in [0.29, 0.717) is 11.4 Å². The van der Waals surface area contributed by atoms with Crippen LogP contribution in [-0.4, -0.2) is 9.55 Å². The van der Waals surface area contributed by atoms with Crippen LogP contribution in [0, 0.1) is 11.6 Å². The zero-order chi connectivity index (χ0) is 14.1. The lowest BCUT2D eigenvalue weighted by Gasteiger charge is -2.06. The minimum absolute atomic E-state index is 0.295. The number of imidazole rings is 1. The summed E-state index contributed by atoms with van der Waals surface area (Å²) in [5.41, 5.74) is 2.21. The van der Waals surface area contributed by atoms with E-state index in [1.807, 2.05) is 17.7 Å². The number of nitrogens with zero attached hydrogens (tertiary/aromatic N) is 2. The van der Waals surface area contributed by atoms with Gasteiger partial charge in [-0.25, -0.2) is 13.8 Å². The van der Waals surface area contributed by atoms with E-state index in [0.717, 1.165) is 11.3 Å². The van der Waals surface area contributed by atoms with Crippen molar-refractivity contribution in [2.24, 2.45) is 7.05 Å². The van der Waals surface area contributed by atoms with Crippen LogP contribution in [0.15, 0.2) is 54.7 Å². The number of benzene rings is 2. The van der Waals surface area contributed by atoms with Gasteiger partial charge in [-0.3, -0.25) is 0 Å². The fraction of sp³-hybridized carbons (Fsp3) is 0.0625. The molecule has 3 rings (SSSR count). The van der Waals surface area contributed by atoms with Gasteiger partial charge in [0.1, 0.15) is 17.5 Å². The maximum absolute atomic E-state index is 13.3. The van der Waals surface area contributed by atoms with E-state index in [9.17, 15) is 8.78 Å². The van der Waals surface area contributed by atoms with Crippen molar-refractivity contribution in [1.29, 1.82) is 0 Å². The van der Waals surface area contributed by atoms with E-state index in [1.165, 1.54) is 24.3 Å². The largest absolute Gasteiger partial charge is 0.327 e. The van der Waals surface area contributed by atoms with Gasteiger partial charge in [-0.2, -0.15) is 0 Å². The molecule has 0 saturated heterocycles. The van der Waals surface area contributed by atoms with Gasteiger partial charge in [-0.05, 0) is 24.3 Å². The van der Waals surface area contributed by atoms with Crippen molar-refractivity contribution in [1.82, 2.24) is 9.55 Å². The van der Waals surface area contributed by atoms with E-state index in [-0.39, 0.29) is 11.6 Å². The number of hydrogen-bond donors (Lipinski definition) is 0. The molecule has 0 atom stereocenters. The Bertz CT molecular complexity index is 700. The van der Waals surface area contributed by atoms with E-state index in [2.05, 4.69) is 4.98 Å². The summed E-state index contributed by atoms with van der Waals surface area (Å²) in [6.07, 6.45) is 1.66. The van der Waals surface area contributed by atoms with Crippen LogP contribution >= 0.6 is 0 Å². The highest BCUT2D eigenvalue weighted by molar-refractivity contribution is 5.65. The molecular weight excluding hydrogens is 258 g/mol. The number of rotatable bonds is 2. The minimum Gasteiger partial charge on any atom is -0.327 e. The molecule has 0 aliphatic carbocycles. The molecule has 0 fully saturated rings. The van der Waals surface area contributed by atoms with Gasteiger partial charge in [0.15, 0.2) is 0 Å². The molecule has 0 aliphatic rings. The highest BCUT2D eigenvalue weighted by Crippen LogP contribution is 2.26. The fourth-order valence-corrected chi connectivity index (χ4v) is 2.22. The van der Waals surface area contributed by atoms with Crippen LogP contribution in [0.3, 0.4) is 0 Å². The van der Waals surface area contributed by atoms with E-state index in [4.69, 9.17) is 0 Å². The predicted molar refractivity (Wildman–Crippen MR) is 74.0 cm³/mol. The Kier molecular flexibility index (Phi) is 3.06. The highest BCUT2D eigenvalue weighted by Gasteiger charge is 2.11. The molecule has 2 aromatic carbocycles. The molecular formula is C16H12F2N2. The molecule has 0 aliphatic heterocycles. The lowest BCUT2D eigenvalue weighted by Crippen LogP contribution is -1.96. The van der Waals surface area contributed by atoms with Crippen molar-refractivity contribution in [3.8, 4) is 22.6 Å². The van der Waals surface area contributed by atoms with Gasteiger partial charge in [0.05, 0.1) is 11.9 Å². The van der Waals surface area contributed by atoms with Crippen molar-refractivity contribution in [2.45, 2.75) is 0 Å². The SMILES string of the molecule is Cn1c(-c2cccc(F)c2)cnc1-c1cccc(F)c1. The quantitative estimate of drug-likeness (QED) is 0.687. The smallest absolute Gasteiger partial charge is 0.140 e. The first-order chi connectivity index (χ1) is 9.65. The Morgan fingerprint density at radius 1 is 0.900 bits per heavy atom. The molecule has 1 aromatic heterocycles. The average Bonchev–Trinajstić information content (AvgIpc) is 2.80. The fourth-order valence-electron chi connectivity index (χ4n) is 2.22. The van der Waals surface area contributed by atoms with Crippen molar-refractivity contribution in [2.75, 3.05) is 0 Å². The first-order valence-electron chi connectivity index (χ1n) is 6.19. The second kappa shape index (κ2) is 4.89. The maximum Gasteiger partial charge on any atom is 0.140 e. The molecule has 20 heavy (non-hydrogen) atoms. The van der Waals surface area contributed by atoms with Crippen LogP contribution in [-0.2, 0) is 7.05 Å². The van der Waals surface area contributed by atoms with Crippen LogP contribution in [0.1, 0.15) is 0 Å². The highest BCUT2D eigenvalue weighted by atomic mass is 19.1. The average molecular weight is 270 g/mol. The van der Waals surface area contributed by atoms with Crippen LogP contribution in [0.5, 0.6) is 0 Å². The second-order valence-electron chi connectivity index (χ2n) is 4.55. The zero-order valence-corrected chi connectivity index (χ0v) is 10.8. The van der Waals surface area contributed by atoms with Crippen molar-refractivity contribution < 1.29 is 8.78 Å². The molecule has 0 saturated carbocycles. The number of aromatic nitrogens is 2. The van der Waals surface area contributed by atoms with E-state index >= 15 is 0 Å². The molecule has 0 unspecified atom stereocenters. The molecule has 1 heterocycles. The normalized spacial score (nSPS) is 10.8. The molecule has 0 N–H and O–H groups in total. The third kappa shape index (κ3) is 2.20. The number of halogens is 2. The molecule has 4 heteroatoms. The Hall–Kier alpha value is -2.49. The summed E-state index contributed by atoms with van der Waals surface area (Å²) in [6.45, 7) is 0. The van der Waals surface area contributed by atoms with Crippen LogP contribution < -0.4 is 0 Å². The second-order valence-corrected chi connectivity index (χ2v) is 4.55.